The summed E-state index contributed by atoms with van der Waals surface area (Å²) in [6.45, 7) is 0.360. The molecule has 1 atom stereocenters. The second-order valence-electron chi connectivity index (χ2n) is 4.57. The largest absolute Gasteiger partial charge is 0.481 e. The molecule has 1 aliphatic rings. The predicted octanol–water partition coefficient (Wildman–Crippen LogP) is 1.69. The van der Waals surface area contributed by atoms with Gasteiger partial charge in [0.15, 0.2) is 0 Å². The van der Waals surface area contributed by atoms with Crippen LogP contribution in [0.1, 0.15) is 12.0 Å². The highest BCUT2D eigenvalue weighted by atomic mass is 79.9. The molecule has 1 heterocycles. The Morgan fingerprint density at radius 3 is 2.79 bits per heavy atom. The Kier molecular flexibility index (Phi) is 4.27. The van der Waals surface area contributed by atoms with Crippen LogP contribution in [-0.4, -0.2) is 36.9 Å². The lowest BCUT2D eigenvalue weighted by molar-refractivity contribution is -0.141. The summed E-state index contributed by atoms with van der Waals surface area (Å²) in [7, 11) is -3.45. The minimum Gasteiger partial charge on any atom is -0.481 e. The van der Waals surface area contributed by atoms with Crippen molar-refractivity contribution >= 4 is 31.9 Å². The maximum Gasteiger partial charge on any atom is 0.307 e. The van der Waals surface area contributed by atoms with Gasteiger partial charge in [-0.2, -0.15) is 0 Å². The molecule has 0 amide bonds. The first-order valence-corrected chi connectivity index (χ1v) is 8.24. The molecule has 0 spiro atoms. The first kappa shape index (κ1) is 14.5. The van der Waals surface area contributed by atoms with Crippen molar-refractivity contribution in [2.24, 2.45) is 5.92 Å². The van der Waals surface area contributed by atoms with Crippen molar-refractivity contribution < 1.29 is 18.3 Å². The second kappa shape index (κ2) is 5.60. The van der Waals surface area contributed by atoms with E-state index in [1.807, 2.05) is 6.07 Å². The minimum atomic E-state index is -3.45. The van der Waals surface area contributed by atoms with E-state index < -0.39 is 21.9 Å². The first-order valence-electron chi connectivity index (χ1n) is 5.83. The van der Waals surface area contributed by atoms with Gasteiger partial charge in [0.2, 0.25) is 10.0 Å². The van der Waals surface area contributed by atoms with Gasteiger partial charge in [-0.25, -0.2) is 12.7 Å². The highest BCUT2D eigenvalue weighted by molar-refractivity contribution is 9.10. The van der Waals surface area contributed by atoms with E-state index in [0.29, 0.717) is 12.0 Å². The summed E-state index contributed by atoms with van der Waals surface area (Å²) in [6, 6.07) is 7.10. The Bertz CT molecular complexity index is 587. The van der Waals surface area contributed by atoms with Gasteiger partial charge in [0.25, 0.3) is 0 Å². The highest BCUT2D eigenvalue weighted by Gasteiger charge is 2.34. The molecular formula is C12H14BrNO4S. The lowest BCUT2D eigenvalue weighted by Gasteiger charge is -2.16. The van der Waals surface area contributed by atoms with Gasteiger partial charge in [-0.1, -0.05) is 28.1 Å². The Morgan fingerprint density at radius 2 is 2.21 bits per heavy atom. The molecule has 1 N–H and O–H groups in total. The molecule has 0 bridgehead atoms. The number of benzene rings is 1. The molecule has 1 fully saturated rings. The fourth-order valence-corrected chi connectivity index (χ4v) is 4.13. The van der Waals surface area contributed by atoms with Crippen LogP contribution in [0.3, 0.4) is 0 Å². The van der Waals surface area contributed by atoms with Crippen molar-refractivity contribution in [1.82, 2.24) is 4.31 Å². The normalized spacial score (nSPS) is 20.6. The average molecular weight is 348 g/mol. The van der Waals surface area contributed by atoms with Gasteiger partial charge in [-0.3, -0.25) is 4.79 Å². The van der Waals surface area contributed by atoms with Crippen LogP contribution in [0.2, 0.25) is 0 Å². The van der Waals surface area contributed by atoms with Gasteiger partial charge in [0, 0.05) is 17.6 Å². The molecule has 0 radical (unpaired) electrons. The molecule has 1 aromatic carbocycles. The van der Waals surface area contributed by atoms with Crippen LogP contribution in [0.4, 0.5) is 0 Å². The van der Waals surface area contributed by atoms with Crippen molar-refractivity contribution in [3.05, 3.63) is 34.3 Å². The Hall–Kier alpha value is -0.920. The molecule has 1 unspecified atom stereocenters. The zero-order chi connectivity index (χ0) is 14.0. The van der Waals surface area contributed by atoms with Crippen molar-refractivity contribution in [3.63, 3.8) is 0 Å². The summed E-state index contributed by atoms with van der Waals surface area (Å²) in [5.41, 5.74) is 0.688. The smallest absolute Gasteiger partial charge is 0.307 e. The van der Waals surface area contributed by atoms with Gasteiger partial charge in [-0.05, 0) is 24.1 Å². The van der Waals surface area contributed by atoms with Crippen LogP contribution in [-0.2, 0) is 20.6 Å². The van der Waals surface area contributed by atoms with Crippen LogP contribution in [0.5, 0.6) is 0 Å². The van der Waals surface area contributed by atoms with E-state index in [2.05, 4.69) is 15.9 Å². The number of carboxylic acids is 1. The maximum atomic E-state index is 12.2. The number of carboxylic acid groups (broad SMARTS) is 1. The van der Waals surface area contributed by atoms with Gasteiger partial charge in [0.1, 0.15) is 0 Å². The van der Waals surface area contributed by atoms with Crippen molar-refractivity contribution in [2.75, 3.05) is 13.1 Å². The zero-order valence-corrected chi connectivity index (χ0v) is 12.5. The Balaban J connectivity index is 2.09. The van der Waals surface area contributed by atoms with E-state index in [0.717, 1.165) is 4.47 Å². The van der Waals surface area contributed by atoms with E-state index in [-0.39, 0.29) is 18.8 Å². The number of halogens is 1. The van der Waals surface area contributed by atoms with E-state index >= 15 is 0 Å². The molecule has 19 heavy (non-hydrogen) atoms. The quantitative estimate of drug-likeness (QED) is 0.899. The molecule has 5 nitrogen and oxygen atoms in total. The summed E-state index contributed by atoms with van der Waals surface area (Å²) in [4.78, 5) is 10.8. The third kappa shape index (κ3) is 3.55. The van der Waals surface area contributed by atoms with Crippen molar-refractivity contribution in [1.29, 1.82) is 0 Å². The van der Waals surface area contributed by atoms with Crippen molar-refractivity contribution in [2.45, 2.75) is 12.2 Å². The van der Waals surface area contributed by atoms with Crippen molar-refractivity contribution in [3.8, 4) is 0 Å². The Morgan fingerprint density at radius 1 is 1.47 bits per heavy atom. The molecular weight excluding hydrogens is 334 g/mol. The third-order valence-corrected chi connectivity index (χ3v) is 5.44. The predicted molar refractivity (Wildman–Crippen MR) is 74.1 cm³/mol. The molecule has 2 rings (SSSR count). The summed E-state index contributed by atoms with van der Waals surface area (Å²) >= 11 is 3.30. The molecule has 7 heteroatoms. The number of hydrogen-bond donors (Lipinski definition) is 1. The number of aliphatic carboxylic acids is 1. The van der Waals surface area contributed by atoms with Gasteiger partial charge >= 0.3 is 5.97 Å². The minimum absolute atomic E-state index is 0.0751. The molecule has 104 valence electrons. The number of sulfonamides is 1. The van der Waals surface area contributed by atoms with E-state index in [4.69, 9.17) is 5.11 Å². The standard InChI is InChI=1S/C12H14BrNO4S/c13-11-3-1-2-9(6-11)8-19(17,18)14-5-4-10(7-14)12(15)16/h1-3,6,10H,4-5,7-8H2,(H,15,16). The van der Waals surface area contributed by atoms with E-state index in [9.17, 15) is 13.2 Å². The monoisotopic (exact) mass is 347 g/mol. The molecule has 1 saturated heterocycles. The van der Waals surface area contributed by atoms with Crippen LogP contribution < -0.4 is 0 Å². The summed E-state index contributed by atoms with van der Waals surface area (Å²) in [5, 5.41) is 8.90. The summed E-state index contributed by atoms with van der Waals surface area (Å²) in [6.07, 6.45) is 0.382. The average Bonchev–Trinajstić information content (AvgIpc) is 2.78. The zero-order valence-electron chi connectivity index (χ0n) is 10.1. The SMILES string of the molecule is O=C(O)C1CCN(S(=O)(=O)Cc2cccc(Br)c2)C1. The van der Waals surface area contributed by atoms with Crippen LogP contribution in [0, 0.1) is 5.92 Å². The van der Waals surface area contributed by atoms with E-state index in [1.165, 1.54) is 4.31 Å². The molecule has 1 aromatic rings. The van der Waals surface area contributed by atoms with Gasteiger partial charge in [0.05, 0.1) is 11.7 Å². The fraction of sp³-hybridized carbons (Fsp3) is 0.417. The topological polar surface area (TPSA) is 74.7 Å². The second-order valence-corrected chi connectivity index (χ2v) is 7.45. The summed E-state index contributed by atoms with van der Waals surface area (Å²) in [5.74, 6) is -1.61. The molecule has 1 aliphatic heterocycles. The van der Waals surface area contributed by atoms with Gasteiger partial charge in [-0.15, -0.1) is 0 Å². The van der Waals surface area contributed by atoms with Crippen LogP contribution >= 0.6 is 15.9 Å². The van der Waals surface area contributed by atoms with Crippen LogP contribution in [0.25, 0.3) is 0 Å². The van der Waals surface area contributed by atoms with E-state index in [1.54, 1.807) is 18.2 Å². The maximum absolute atomic E-state index is 12.2. The lowest BCUT2D eigenvalue weighted by Crippen LogP contribution is -2.31. The molecule has 0 aliphatic carbocycles. The van der Waals surface area contributed by atoms with Gasteiger partial charge < -0.3 is 5.11 Å². The van der Waals surface area contributed by atoms with Crippen LogP contribution in [0.15, 0.2) is 28.7 Å². The number of carbonyl (C=O) groups is 1. The lowest BCUT2D eigenvalue weighted by atomic mass is 10.1. The third-order valence-electron chi connectivity index (χ3n) is 3.13. The molecule has 0 aromatic heterocycles. The Labute approximate surface area is 120 Å². The number of rotatable bonds is 4. The number of nitrogens with zero attached hydrogens (tertiary/aromatic N) is 1. The summed E-state index contributed by atoms with van der Waals surface area (Å²) < 4.78 is 26.5. The highest BCUT2D eigenvalue weighted by Crippen LogP contribution is 2.22. The molecule has 0 saturated carbocycles. The number of hydrogen-bond acceptors (Lipinski definition) is 3. The first-order chi connectivity index (χ1) is 8.88. The fourth-order valence-electron chi connectivity index (χ4n) is 2.11.